The van der Waals surface area contributed by atoms with Crippen LogP contribution >= 0.6 is 23.1 Å². The molecule has 0 aliphatic carbocycles. The number of carboxylic acids is 2. The van der Waals surface area contributed by atoms with Crippen LogP contribution in [0.15, 0.2) is 82.7 Å². The maximum atomic E-state index is 13.4. The fraction of sp³-hybridized carbons (Fsp3) is 0.229. The highest BCUT2D eigenvalue weighted by molar-refractivity contribution is 8.00. The minimum absolute atomic E-state index is 0.0747. The monoisotopic (exact) mass is 730 g/mol. The lowest BCUT2D eigenvalue weighted by molar-refractivity contribution is -0.687. The van der Waals surface area contributed by atoms with Crippen molar-refractivity contribution in [3.05, 3.63) is 94.4 Å². The molecule has 2 aromatic carbocycles. The van der Waals surface area contributed by atoms with E-state index in [0.29, 0.717) is 12.1 Å². The number of fused-ring (bicyclic) bond motifs is 2. The summed E-state index contributed by atoms with van der Waals surface area (Å²) in [5.41, 5.74) is 5.87. The number of rotatable bonds is 12. The minimum Gasteiger partial charge on any atom is -0.504 e. The number of oxime groups is 1. The van der Waals surface area contributed by atoms with Crippen LogP contribution < -0.4 is 10.3 Å². The van der Waals surface area contributed by atoms with Crippen molar-refractivity contribution < 1.29 is 49.0 Å². The number of pyridine rings is 1. The molecule has 2 aliphatic heterocycles. The summed E-state index contributed by atoms with van der Waals surface area (Å²) in [6, 6.07) is 12.5. The van der Waals surface area contributed by atoms with Crippen molar-refractivity contribution in [2.45, 2.75) is 37.8 Å². The number of amides is 1. The van der Waals surface area contributed by atoms with Gasteiger partial charge in [0.15, 0.2) is 47.1 Å². The van der Waals surface area contributed by atoms with Crippen molar-refractivity contribution in [1.82, 2.24) is 9.88 Å². The van der Waals surface area contributed by atoms with Gasteiger partial charge in [0.25, 0.3) is 0 Å². The fourth-order valence-electron chi connectivity index (χ4n) is 5.54. The smallest absolute Gasteiger partial charge is 0.352 e. The molecule has 1 amide bonds. The Morgan fingerprint density at radius 2 is 1.80 bits per heavy atom. The van der Waals surface area contributed by atoms with E-state index in [4.69, 9.17) is 10.6 Å². The molecule has 2 atom stereocenters. The SMILES string of the molecule is CC(C)(O/N=C(\C(=O)C[C@@H]1C(=O)N2C(C(=O)O)=C(/C=C/c3ccc(C[n+]4ccc5cc(O)c(O)cc5c4)cc3)CS[C@H]12)c1csc(N)n1)C(=O)O. The summed E-state index contributed by atoms with van der Waals surface area (Å²) in [7, 11) is 0. The van der Waals surface area contributed by atoms with E-state index < -0.39 is 40.5 Å². The van der Waals surface area contributed by atoms with Crippen molar-refractivity contribution in [1.29, 1.82) is 0 Å². The summed E-state index contributed by atoms with van der Waals surface area (Å²) >= 11 is 2.38. The predicted molar refractivity (Wildman–Crippen MR) is 189 cm³/mol. The Hall–Kier alpha value is -5.74. The van der Waals surface area contributed by atoms with Gasteiger partial charge in [-0.2, -0.15) is 0 Å². The number of nitrogens with zero attached hydrogens (tertiary/aromatic N) is 4. The van der Waals surface area contributed by atoms with Crippen LogP contribution in [0, 0.1) is 5.92 Å². The number of allylic oxidation sites excluding steroid dienone is 1. The van der Waals surface area contributed by atoms with Gasteiger partial charge in [-0.1, -0.05) is 41.6 Å². The lowest BCUT2D eigenvalue weighted by atomic mass is 9.89. The van der Waals surface area contributed by atoms with E-state index in [1.54, 1.807) is 12.2 Å². The zero-order valence-electron chi connectivity index (χ0n) is 27.2. The van der Waals surface area contributed by atoms with E-state index >= 15 is 0 Å². The number of ketones is 1. The number of hydrogen-bond acceptors (Lipinski definition) is 12. The second-order valence-corrected chi connectivity index (χ2v) is 14.4. The third-order valence-corrected chi connectivity index (χ3v) is 10.4. The van der Waals surface area contributed by atoms with Gasteiger partial charge in [0, 0.05) is 34.6 Å². The second kappa shape index (κ2) is 13.9. The van der Waals surface area contributed by atoms with E-state index in [0.717, 1.165) is 33.2 Å². The lowest BCUT2D eigenvalue weighted by Crippen LogP contribution is -2.62. The topological polar surface area (TPSA) is 217 Å². The Bertz CT molecular complexity index is 2180. The number of carboxylic acid groups (broad SMARTS) is 2. The van der Waals surface area contributed by atoms with Crippen LogP contribution in [0.3, 0.4) is 0 Å². The lowest BCUT2D eigenvalue weighted by Gasteiger charge is -2.49. The number of hydrogen-bond donors (Lipinski definition) is 5. The van der Waals surface area contributed by atoms with Crippen molar-refractivity contribution in [2.75, 3.05) is 11.5 Å². The molecule has 0 spiro atoms. The maximum Gasteiger partial charge on any atom is 0.352 e. The van der Waals surface area contributed by atoms with E-state index in [1.807, 2.05) is 47.3 Å². The Balaban J connectivity index is 1.14. The Labute approximate surface area is 298 Å². The minimum atomic E-state index is -1.75. The molecule has 0 unspecified atom stereocenters. The van der Waals surface area contributed by atoms with Crippen molar-refractivity contribution in [3.63, 3.8) is 0 Å². The molecule has 4 aromatic rings. The van der Waals surface area contributed by atoms with Crippen LogP contribution in [0.4, 0.5) is 5.13 Å². The van der Waals surface area contributed by atoms with E-state index in [2.05, 4.69) is 10.1 Å². The number of carbonyl (C=O) groups excluding carboxylic acids is 2. The molecule has 0 bridgehead atoms. The van der Waals surface area contributed by atoms with E-state index in [-0.39, 0.29) is 45.9 Å². The molecule has 0 radical (unpaired) electrons. The number of thioether (sulfide) groups is 1. The largest absolute Gasteiger partial charge is 0.504 e. The number of thiazole rings is 1. The fourth-order valence-corrected chi connectivity index (χ4v) is 7.48. The van der Waals surface area contributed by atoms with Crippen LogP contribution in [-0.2, 0) is 30.6 Å². The molecular weight excluding hydrogens is 699 g/mol. The Kier molecular flexibility index (Phi) is 9.55. The number of β-lactam (4-membered cyclic amide) rings is 1. The van der Waals surface area contributed by atoms with Gasteiger partial charge < -0.3 is 31.0 Å². The molecule has 2 aliphatic rings. The number of phenolic OH excluding ortho intramolecular Hbond substituents is 2. The first-order valence-electron chi connectivity index (χ1n) is 15.5. The number of phenols is 2. The molecule has 0 saturated carbocycles. The molecule has 4 heterocycles. The number of aromatic nitrogens is 2. The normalized spacial score (nSPS) is 17.8. The van der Waals surface area contributed by atoms with E-state index in [9.17, 15) is 39.6 Å². The molecule has 51 heavy (non-hydrogen) atoms. The van der Waals surface area contributed by atoms with Crippen LogP contribution in [0.2, 0.25) is 0 Å². The Morgan fingerprint density at radius 1 is 1.10 bits per heavy atom. The molecule has 262 valence electrons. The van der Waals surface area contributed by atoms with Gasteiger partial charge in [-0.25, -0.2) is 19.1 Å². The molecule has 6 rings (SSSR count). The summed E-state index contributed by atoms with van der Waals surface area (Å²) in [6.07, 6.45) is 6.86. The first-order valence-corrected chi connectivity index (χ1v) is 17.4. The molecule has 1 saturated heterocycles. The number of Topliss-reactive ketones (excluding diaryl/α,β-unsaturated/α-hetero) is 1. The predicted octanol–water partition coefficient (Wildman–Crippen LogP) is 3.75. The first kappa shape index (κ1) is 35.1. The summed E-state index contributed by atoms with van der Waals surface area (Å²) in [6.45, 7) is 3.07. The van der Waals surface area contributed by atoms with Crippen LogP contribution in [0.25, 0.3) is 16.8 Å². The quantitative estimate of drug-likeness (QED) is 0.0463. The van der Waals surface area contributed by atoms with Gasteiger partial charge in [0.2, 0.25) is 11.5 Å². The number of benzene rings is 2. The third-order valence-electron chi connectivity index (χ3n) is 8.38. The van der Waals surface area contributed by atoms with Crippen molar-refractivity contribution in [2.24, 2.45) is 11.1 Å². The molecule has 6 N–H and O–H groups in total. The summed E-state index contributed by atoms with van der Waals surface area (Å²) in [4.78, 5) is 61.1. The van der Waals surface area contributed by atoms with Crippen molar-refractivity contribution in [3.8, 4) is 11.5 Å². The molecule has 2 aromatic heterocycles. The highest BCUT2D eigenvalue weighted by Crippen LogP contribution is 2.45. The third kappa shape index (κ3) is 7.27. The highest BCUT2D eigenvalue weighted by atomic mass is 32.2. The van der Waals surface area contributed by atoms with Gasteiger partial charge >= 0.3 is 11.9 Å². The first-order chi connectivity index (χ1) is 24.2. The second-order valence-electron chi connectivity index (χ2n) is 12.4. The number of aliphatic carboxylic acids is 2. The zero-order valence-corrected chi connectivity index (χ0v) is 28.9. The van der Waals surface area contributed by atoms with Gasteiger partial charge in [-0.3, -0.25) is 14.5 Å². The van der Waals surface area contributed by atoms with Gasteiger partial charge in [0.05, 0.1) is 11.3 Å². The number of nitrogens with two attached hydrogens (primary N) is 1. The van der Waals surface area contributed by atoms with Gasteiger partial charge in [0.1, 0.15) is 11.4 Å². The maximum absolute atomic E-state index is 13.4. The average molecular weight is 731 g/mol. The highest BCUT2D eigenvalue weighted by Gasteiger charge is 2.54. The molecule has 14 nitrogen and oxygen atoms in total. The number of nitrogen functional groups attached to an aromatic ring is 1. The average Bonchev–Trinajstić information content (AvgIpc) is 3.52. The van der Waals surface area contributed by atoms with Gasteiger partial charge in [-0.05, 0) is 42.5 Å². The molecule has 1 fully saturated rings. The summed E-state index contributed by atoms with van der Waals surface area (Å²) in [5, 5.41) is 45.5. The molecular formula is C35H32N5O9S2+. The zero-order chi connectivity index (χ0) is 36.6. The van der Waals surface area contributed by atoms with Crippen molar-refractivity contribution >= 4 is 74.4 Å². The standard InChI is InChI=1S/C35H31N5O9S2/c1-35(2,33(47)48)49-38-28(24-17-51-34(36)37-24)27(43)13-23-30(44)40-29(32(45)46)21(16-50-31(23)40)8-7-18-3-5-19(6-4-18)14-39-10-9-20-11-25(41)26(42)12-22(20)15-39/h3-12,15,17,23,31H,13-14,16H2,1-2H3,(H5,36,37,42,45,46,47,48)/p+1/b8-7+,38-28-/t23-,31-/m1/s1. The summed E-state index contributed by atoms with van der Waals surface area (Å²) in [5.74, 6) is -4.68. The number of aromatic hydroxyl groups is 2. The van der Waals surface area contributed by atoms with Crippen LogP contribution in [0.5, 0.6) is 11.5 Å². The number of anilines is 1. The number of carbonyl (C=O) groups is 4. The van der Waals surface area contributed by atoms with Gasteiger partial charge in [-0.15, -0.1) is 23.1 Å². The van der Waals surface area contributed by atoms with Crippen LogP contribution in [-0.4, -0.2) is 76.4 Å². The molecule has 16 heteroatoms. The Morgan fingerprint density at radius 3 is 2.45 bits per heavy atom. The van der Waals surface area contributed by atoms with Crippen LogP contribution in [0.1, 0.15) is 37.1 Å². The summed E-state index contributed by atoms with van der Waals surface area (Å²) < 4.78 is 1.95. The van der Waals surface area contributed by atoms with E-state index in [1.165, 1.54) is 48.0 Å².